The van der Waals surface area contributed by atoms with Crippen molar-refractivity contribution in [3.63, 3.8) is 0 Å². The minimum atomic E-state index is -0.0898. The van der Waals surface area contributed by atoms with Crippen molar-refractivity contribution in [3.8, 4) is 0 Å². The first-order valence-corrected chi connectivity index (χ1v) is 4.70. The average molecular weight is 238 g/mol. The van der Waals surface area contributed by atoms with Crippen molar-refractivity contribution in [1.29, 1.82) is 0 Å². The Morgan fingerprint density at radius 1 is 1.15 bits per heavy atom. The molecular formula is C9H7Cl3O. The Balaban J connectivity index is 3.21. The van der Waals surface area contributed by atoms with E-state index in [2.05, 4.69) is 0 Å². The molecule has 1 N–H and O–H groups in total. The summed E-state index contributed by atoms with van der Waals surface area (Å²) in [6.45, 7) is -0.0898. The van der Waals surface area contributed by atoms with E-state index in [0.29, 0.717) is 11.1 Å². The van der Waals surface area contributed by atoms with Gasteiger partial charge in [0, 0.05) is 5.56 Å². The van der Waals surface area contributed by atoms with Gasteiger partial charge in [0.2, 0.25) is 0 Å². The van der Waals surface area contributed by atoms with E-state index in [9.17, 15) is 0 Å². The molecule has 0 unspecified atom stereocenters. The number of hydrogen-bond donors (Lipinski definition) is 1. The number of hydrogen-bond acceptors (Lipinski definition) is 1. The molecule has 0 aliphatic carbocycles. The van der Waals surface area contributed by atoms with Crippen molar-refractivity contribution in [2.75, 3.05) is 0 Å². The lowest BCUT2D eigenvalue weighted by atomic mass is 10.1. The van der Waals surface area contributed by atoms with Gasteiger partial charge < -0.3 is 5.11 Å². The number of aliphatic hydroxyl groups is 1. The second-order valence-electron chi connectivity index (χ2n) is 2.39. The number of rotatable bonds is 2. The first kappa shape index (κ1) is 10.9. The molecule has 0 heterocycles. The van der Waals surface area contributed by atoms with Crippen molar-refractivity contribution in [1.82, 2.24) is 0 Å². The summed E-state index contributed by atoms with van der Waals surface area (Å²) >= 11 is 16.9. The van der Waals surface area contributed by atoms with E-state index >= 15 is 0 Å². The highest BCUT2D eigenvalue weighted by Crippen LogP contribution is 2.30. The van der Waals surface area contributed by atoms with Crippen LogP contribution in [-0.4, -0.2) is 5.11 Å². The predicted octanol–water partition coefficient (Wildman–Crippen LogP) is 3.52. The SMILES string of the molecule is OCc1ccccc1C(Cl)=C(Cl)Cl. The van der Waals surface area contributed by atoms with E-state index in [4.69, 9.17) is 39.9 Å². The zero-order valence-corrected chi connectivity index (χ0v) is 8.87. The summed E-state index contributed by atoms with van der Waals surface area (Å²) < 4.78 is 0.00238. The van der Waals surface area contributed by atoms with E-state index in [1.54, 1.807) is 24.3 Å². The maximum absolute atomic E-state index is 8.98. The summed E-state index contributed by atoms with van der Waals surface area (Å²) in [6, 6.07) is 7.11. The summed E-state index contributed by atoms with van der Waals surface area (Å²) in [4.78, 5) is 0. The van der Waals surface area contributed by atoms with Gasteiger partial charge in [-0.1, -0.05) is 59.1 Å². The molecule has 1 aromatic rings. The van der Waals surface area contributed by atoms with E-state index in [1.165, 1.54) is 0 Å². The first-order valence-electron chi connectivity index (χ1n) is 3.56. The Morgan fingerprint density at radius 2 is 1.77 bits per heavy atom. The van der Waals surface area contributed by atoms with Crippen LogP contribution in [-0.2, 0) is 6.61 Å². The fourth-order valence-corrected chi connectivity index (χ4v) is 1.36. The van der Waals surface area contributed by atoms with Gasteiger partial charge in [0.15, 0.2) is 0 Å². The summed E-state index contributed by atoms with van der Waals surface area (Å²) in [5.74, 6) is 0. The van der Waals surface area contributed by atoms with Gasteiger partial charge in [-0.3, -0.25) is 0 Å². The van der Waals surface area contributed by atoms with Gasteiger partial charge in [-0.15, -0.1) is 0 Å². The lowest BCUT2D eigenvalue weighted by molar-refractivity contribution is 0.281. The molecule has 0 radical (unpaired) electrons. The molecule has 0 amide bonds. The van der Waals surface area contributed by atoms with E-state index < -0.39 is 0 Å². The summed E-state index contributed by atoms with van der Waals surface area (Å²) in [5.41, 5.74) is 1.36. The number of aliphatic hydroxyl groups excluding tert-OH is 1. The molecule has 4 heteroatoms. The van der Waals surface area contributed by atoms with Crippen LogP contribution in [0, 0.1) is 0 Å². The highest BCUT2D eigenvalue weighted by atomic mass is 35.5. The topological polar surface area (TPSA) is 20.2 Å². The molecule has 0 aromatic heterocycles. The monoisotopic (exact) mass is 236 g/mol. The molecule has 0 bridgehead atoms. The fraction of sp³-hybridized carbons (Fsp3) is 0.111. The molecule has 70 valence electrons. The maximum Gasteiger partial charge on any atom is 0.126 e. The van der Waals surface area contributed by atoms with Gasteiger partial charge >= 0.3 is 0 Å². The van der Waals surface area contributed by atoms with Crippen LogP contribution < -0.4 is 0 Å². The minimum Gasteiger partial charge on any atom is -0.392 e. The predicted molar refractivity (Wildman–Crippen MR) is 56.8 cm³/mol. The number of halogens is 3. The zero-order chi connectivity index (χ0) is 9.84. The lowest BCUT2D eigenvalue weighted by Crippen LogP contribution is -1.89. The largest absolute Gasteiger partial charge is 0.392 e. The zero-order valence-electron chi connectivity index (χ0n) is 6.60. The first-order chi connectivity index (χ1) is 6.16. The van der Waals surface area contributed by atoms with Crippen molar-refractivity contribution in [3.05, 3.63) is 39.9 Å². The summed E-state index contributed by atoms with van der Waals surface area (Å²) in [7, 11) is 0. The normalized spacial score (nSPS) is 9.85. The third-order valence-corrected chi connectivity index (χ3v) is 2.55. The fourth-order valence-electron chi connectivity index (χ4n) is 0.974. The van der Waals surface area contributed by atoms with Crippen molar-refractivity contribution in [2.24, 2.45) is 0 Å². The Labute approximate surface area is 91.5 Å². The van der Waals surface area contributed by atoms with Crippen LogP contribution in [0.25, 0.3) is 5.03 Å². The van der Waals surface area contributed by atoms with Gasteiger partial charge in [0.05, 0.1) is 11.6 Å². The molecule has 1 rings (SSSR count). The minimum absolute atomic E-state index is 0.00238. The highest BCUT2D eigenvalue weighted by molar-refractivity contribution is 6.66. The van der Waals surface area contributed by atoms with Gasteiger partial charge in [-0.2, -0.15) is 0 Å². The second-order valence-corrected chi connectivity index (χ2v) is 3.72. The molecule has 0 fully saturated rings. The molecule has 0 saturated carbocycles. The van der Waals surface area contributed by atoms with Gasteiger partial charge in [-0.25, -0.2) is 0 Å². The quantitative estimate of drug-likeness (QED) is 0.834. The Bertz CT molecular complexity index is 329. The van der Waals surface area contributed by atoms with Crippen molar-refractivity contribution < 1.29 is 5.11 Å². The molecule has 1 aromatic carbocycles. The van der Waals surface area contributed by atoms with Crippen LogP contribution in [0.3, 0.4) is 0 Å². The molecule has 0 atom stereocenters. The highest BCUT2D eigenvalue weighted by Gasteiger charge is 2.07. The molecule has 0 aliphatic rings. The molecule has 0 spiro atoms. The van der Waals surface area contributed by atoms with Crippen LogP contribution in [0.2, 0.25) is 0 Å². The van der Waals surface area contributed by atoms with Crippen LogP contribution in [0.4, 0.5) is 0 Å². The standard InChI is InChI=1S/C9H7Cl3O/c10-8(9(11)12)7-4-2-1-3-6(7)5-13/h1-4,13H,5H2. The van der Waals surface area contributed by atoms with E-state index in [1.807, 2.05) is 0 Å². The average Bonchev–Trinajstić information content (AvgIpc) is 2.16. The van der Waals surface area contributed by atoms with Crippen molar-refractivity contribution >= 4 is 39.8 Å². The molecule has 0 saturated heterocycles. The van der Waals surface area contributed by atoms with Gasteiger partial charge in [0.1, 0.15) is 4.49 Å². The Morgan fingerprint density at radius 3 is 2.31 bits per heavy atom. The van der Waals surface area contributed by atoms with Gasteiger partial charge in [-0.05, 0) is 5.56 Å². The van der Waals surface area contributed by atoms with Crippen LogP contribution in [0.15, 0.2) is 28.8 Å². The summed E-state index contributed by atoms with van der Waals surface area (Å²) in [6.07, 6.45) is 0. The van der Waals surface area contributed by atoms with Crippen LogP contribution in [0.1, 0.15) is 11.1 Å². The molecule has 0 aliphatic heterocycles. The van der Waals surface area contributed by atoms with E-state index in [0.717, 1.165) is 0 Å². The second kappa shape index (κ2) is 4.87. The smallest absolute Gasteiger partial charge is 0.126 e. The van der Waals surface area contributed by atoms with Crippen molar-refractivity contribution in [2.45, 2.75) is 6.61 Å². The van der Waals surface area contributed by atoms with Gasteiger partial charge in [0.25, 0.3) is 0 Å². The van der Waals surface area contributed by atoms with E-state index in [-0.39, 0.29) is 16.1 Å². The number of benzene rings is 1. The molecule has 1 nitrogen and oxygen atoms in total. The third kappa shape index (κ3) is 2.61. The van der Waals surface area contributed by atoms with Crippen LogP contribution in [0.5, 0.6) is 0 Å². The Hall–Kier alpha value is -0.210. The maximum atomic E-state index is 8.98. The van der Waals surface area contributed by atoms with Crippen LogP contribution >= 0.6 is 34.8 Å². The third-order valence-electron chi connectivity index (χ3n) is 1.59. The Kier molecular flexibility index (Phi) is 4.07. The lowest BCUT2D eigenvalue weighted by Gasteiger charge is -2.05. The summed E-state index contributed by atoms with van der Waals surface area (Å²) in [5, 5.41) is 9.24. The molecular weight excluding hydrogens is 230 g/mol. The molecule has 13 heavy (non-hydrogen) atoms.